The van der Waals surface area contributed by atoms with Crippen LogP contribution in [0.1, 0.15) is 6.92 Å². The summed E-state index contributed by atoms with van der Waals surface area (Å²) in [5.41, 5.74) is 2.37. The molecule has 0 amide bonds. The molecule has 0 aromatic rings. The second-order valence-corrected chi connectivity index (χ2v) is 5.20. The van der Waals surface area contributed by atoms with E-state index in [1.807, 2.05) is 0 Å². The van der Waals surface area contributed by atoms with Gasteiger partial charge in [-0.1, -0.05) is 0 Å². The van der Waals surface area contributed by atoms with Gasteiger partial charge in [-0.3, -0.25) is 0 Å². The first-order chi connectivity index (χ1) is 1.91. The Labute approximate surface area is 35.2 Å². The monoisotopic (exact) mass is 108 g/mol. The van der Waals surface area contributed by atoms with Crippen LogP contribution in [0.4, 0.5) is 0 Å². The summed E-state index contributed by atoms with van der Waals surface area (Å²) >= 11 is 0.111. The second kappa shape index (κ2) is 3.62. The van der Waals surface area contributed by atoms with E-state index >= 15 is 0 Å². The Morgan fingerprint density at radius 1 is 1.75 bits per heavy atom. The molecule has 0 aliphatic heterocycles. The molecule has 0 aliphatic rings. The normalized spacial score (nSPS) is 5.50. The van der Waals surface area contributed by atoms with Gasteiger partial charge in [0.2, 0.25) is 0 Å². The van der Waals surface area contributed by atoms with Crippen molar-refractivity contribution in [3.05, 3.63) is 0 Å². The number of hydrogen-bond acceptors (Lipinski definition) is 0. The third-order valence-corrected chi connectivity index (χ3v) is 2.60. The summed E-state index contributed by atoms with van der Waals surface area (Å²) in [6.45, 7) is 2.26. The summed E-state index contributed by atoms with van der Waals surface area (Å²) < 4.78 is 0. The maximum atomic E-state index is 2.37. The van der Waals surface area contributed by atoms with Gasteiger partial charge in [-0.2, -0.15) is 0 Å². The predicted molar refractivity (Wildman–Crippen MR) is 16.3 cm³/mol. The molecule has 0 saturated heterocycles. The molecule has 22 valence electrons. The van der Waals surface area contributed by atoms with Gasteiger partial charge in [0.05, 0.1) is 0 Å². The van der Waals surface area contributed by atoms with Crippen molar-refractivity contribution in [1.29, 1.82) is 0 Å². The van der Waals surface area contributed by atoms with Crippen molar-refractivity contribution < 1.29 is 17.1 Å². The quantitative estimate of drug-likeness (QED) is 0.448. The van der Waals surface area contributed by atoms with Gasteiger partial charge in [-0.15, -0.1) is 0 Å². The van der Waals surface area contributed by atoms with Crippen LogP contribution in [-0.2, 0) is 17.1 Å². The summed E-state index contributed by atoms with van der Waals surface area (Å²) in [6, 6.07) is 0. The summed E-state index contributed by atoms with van der Waals surface area (Å²) in [7, 11) is 0. The minimum atomic E-state index is 0.111. The Morgan fingerprint density at radius 2 is 2.00 bits per heavy atom. The Morgan fingerprint density at radius 3 is 2.00 bits per heavy atom. The first-order valence-electron chi connectivity index (χ1n) is 1.91. The molecule has 0 atom stereocenters. The van der Waals surface area contributed by atoms with E-state index in [4.69, 9.17) is 0 Å². The Hall–Kier alpha value is 0.623. The Bertz CT molecular complexity index is 5.25. The summed E-state index contributed by atoms with van der Waals surface area (Å²) in [5.74, 6) is 0. The molecule has 0 nitrogen and oxygen atoms in total. The second-order valence-electron chi connectivity index (χ2n) is 1.000. The van der Waals surface area contributed by atoms with Crippen LogP contribution in [0.3, 0.4) is 0 Å². The molecule has 0 radical (unpaired) electrons. The van der Waals surface area contributed by atoms with E-state index in [0.717, 1.165) is 0 Å². The van der Waals surface area contributed by atoms with Crippen LogP contribution in [0.25, 0.3) is 0 Å². The molecule has 0 spiro atoms. The first-order valence-corrected chi connectivity index (χ1v) is 6.98. The minimum absolute atomic E-state index is 0.111. The fraction of sp³-hybridized carbons (Fsp3) is 1.00. The van der Waals surface area contributed by atoms with Gasteiger partial charge in [0.1, 0.15) is 0 Å². The SMILES string of the molecule is C[CH2][Zn][CH3]. The molecule has 0 N–H and O–H groups in total. The average Bonchev–Trinajstić information content (AvgIpc) is 1.37. The van der Waals surface area contributed by atoms with Gasteiger partial charge in [0.25, 0.3) is 0 Å². The molecule has 0 fully saturated rings. The molecule has 0 unspecified atom stereocenters. The number of rotatable bonds is 1. The van der Waals surface area contributed by atoms with Crippen LogP contribution < -0.4 is 0 Å². The van der Waals surface area contributed by atoms with Crippen LogP contribution in [0.5, 0.6) is 0 Å². The van der Waals surface area contributed by atoms with E-state index in [-0.39, 0.29) is 17.1 Å². The number of hydrogen-bond donors (Lipinski definition) is 0. The van der Waals surface area contributed by atoms with Crippen LogP contribution in [-0.4, -0.2) is 0 Å². The third-order valence-electron chi connectivity index (χ3n) is 0.500. The molecule has 0 bridgehead atoms. The zero-order valence-corrected chi connectivity index (χ0v) is 6.38. The van der Waals surface area contributed by atoms with E-state index in [2.05, 4.69) is 12.4 Å². The van der Waals surface area contributed by atoms with Crippen molar-refractivity contribution in [3.63, 3.8) is 0 Å². The molecule has 0 aromatic heterocycles. The molecule has 0 aromatic carbocycles. The van der Waals surface area contributed by atoms with E-state index in [0.29, 0.717) is 0 Å². The van der Waals surface area contributed by atoms with Crippen molar-refractivity contribution in [2.45, 2.75) is 17.5 Å². The van der Waals surface area contributed by atoms with Gasteiger partial charge < -0.3 is 0 Å². The van der Waals surface area contributed by atoms with Gasteiger partial charge in [-0.05, 0) is 0 Å². The van der Waals surface area contributed by atoms with E-state index in [9.17, 15) is 0 Å². The summed E-state index contributed by atoms with van der Waals surface area (Å²) in [4.78, 5) is 0. The van der Waals surface area contributed by atoms with Crippen LogP contribution in [0.15, 0.2) is 0 Å². The average molecular weight is 109 g/mol. The van der Waals surface area contributed by atoms with Gasteiger partial charge in [0, 0.05) is 0 Å². The van der Waals surface area contributed by atoms with Crippen molar-refractivity contribution >= 4 is 0 Å². The van der Waals surface area contributed by atoms with Crippen molar-refractivity contribution in [2.24, 2.45) is 0 Å². The fourth-order valence-corrected chi connectivity index (χ4v) is 0. The molecular formula is C3H8Zn. The Kier molecular flexibility index (Phi) is 4.19. The predicted octanol–water partition coefficient (Wildman–Crippen LogP) is 1.56. The molecule has 1 heteroatoms. The molecule has 0 saturated carbocycles. The van der Waals surface area contributed by atoms with Crippen molar-refractivity contribution in [1.82, 2.24) is 0 Å². The third kappa shape index (κ3) is 2.62. The van der Waals surface area contributed by atoms with E-state index in [1.54, 1.807) is 0 Å². The standard InChI is InChI=1S/C2H5.CH3.Zn/c1-2;;/h1H2,2H3;1H3;. The molecule has 0 rings (SSSR count). The van der Waals surface area contributed by atoms with E-state index in [1.165, 1.54) is 5.02 Å². The van der Waals surface area contributed by atoms with Gasteiger partial charge in [0.15, 0.2) is 0 Å². The van der Waals surface area contributed by atoms with Gasteiger partial charge >= 0.3 is 34.6 Å². The van der Waals surface area contributed by atoms with Crippen molar-refractivity contribution in [2.75, 3.05) is 0 Å². The summed E-state index contributed by atoms with van der Waals surface area (Å²) in [6.07, 6.45) is 0. The van der Waals surface area contributed by atoms with Crippen molar-refractivity contribution in [3.8, 4) is 0 Å². The zero-order valence-electron chi connectivity index (χ0n) is 3.41. The molecule has 0 heterocycles. The van der Waals surface area contributed by atoms with Crippen LogP contribution in [0.2, 0.25) is 10.5 Å². The zero-order chi connectivity index (χ0) is 3.41. The summed E-state index contributed by atoms with van der Waals surface area (Å²) in [5, 5.41) is 1.51. The molecule has 4 heavy (non-hydrogen) atoms. The van der Waals surface area contributed by atoms with E-state index < -0.39 is 0 Å². The maximum absolute atomic E-state index is 2.37. The first kappa shape index (κ1) is 4.62. The molecule has 0 aliphatic carbocycles. The van der Waals surface area contributed by atoms with Crippen LogP contribution >= 0.6 is 0 Å². The fourth-order valence-electron chi connectivity index (χ4n) is 0. The molecular weight excluding hydrogens is 101 g/mol. The Balaban J connectivity index is 1.97. The topological polar surface area (TPSA) is 0 Å². The van der Waals surface area contributed by atoms with Crippen LogP contribution in [0, 0.1) is 0 Å². The van der Waals surface area contributed by atoms with Gasteiger partial charge in [-0.25, -0.2) is 0 Å².